The van der Waals surface area contributed by atoms with Crippen LogP contribution in [0.15, 0.2) is 53.8 Å². The molecule has 0 saturated carbocycles. The molecule has 0 radical (unpaired) electrons. The second kappa shape index (κ2) is 9.32. The largest absolute Gasteiger partial charge is 0.486 e. The Hall–Kier alpha value is -3.52. The molecule has 0 bridgehead atoms. The number of aromatic nitrogens is 1. The van der Waals surface area contributed by atoms with Crippen LogP contribution in [0, 0.1) is 25.2 Å². The second-order valence-corrected chi connectivity index (χ2v) is 6.90. The molecular weight excluding hydrogens is 409 g/mol. The van der Waals surface area contributed by atoms with Gasteiger partial charge in [0.1, 0.15) is 11.8 Å². The predicted molar refractivity (Wildman–Crippen MR) is 112 cm³/mol. The van der Waals surface area contributed by atoms with Crippen molar-refractivity contribution in [1.29, 1.82) is 5.53 Å². The van der Waals surface area contributed by atoms with Crippen molar-refractivity contribution in [2.24, 2.45) is 5.22 Å². The first-order valence-corrected chi connectivity index (χ1v) is 9.34. The SMILES string of the molecule is Cc1cc(OCc2c(C)cccc2NC(=O)NN=N)c(F)cc1-c1cccc(Cl)n1. The van der Waals surface area contributed by atoms with Crippen molar-refractivity contribution in [2.45, 2.75) is 20.5 Å². The van der Waals surface area contributed by atoms with Gasteiger partial charge in [0.2, 0.25) is 0 Å². The molecule has 0 saturated heterocycles. The number of ether oxygens (including phenoxy) is 1. The normalized spacial score (nSPS) is 10.4. The molecule has 0 unspecified atom stereocenters. The third kappa shape index (κ3) is 4.90. The van der Waals surface area contributed by atoms with Gasteiger partial charge in [0.25, 0.3) is 0 Å². The zero-order valence-electron chi connectivity index (χ0n) is 16.3. The van der Waals surface area contributed by atoms with Gasteiger partial charge in [-0.3, -0.25) is 0 Å². The molecule has 30 heavy (non-hydrogen) atoms. The number of rotatable bonds is 6. The highest BCUT2D eigenvalue weighted by atomic mass is 35.5. The van der Waals surface area contributed by atoms with Crippen molar-refractivity contribution >= 4 is 23.3 Å². The van der Waals surface area contributed by atoms with Gasteiger partial charge in [0.15, 0.2) is 11.6 Å². The third-order valence-electron chi connectivity index (χ3n) is 4.46. The average Bonchev–Trinajstić information content (AvgIpc) is 2.70. The average molecular weight is 428 g/mol. The first kappa shape index (κ1) is 21.2. The first-order valence-electron chi connectivity index (χ1n) is 8.97. The molecule has 1 heterocycles. The van der Waals surface area contributed by atoms with E-state index >= 15 is 0 Å². The Balaban J connectivity index is 1.84. The Bertz CT molecular complexity index is 1110. The van der Waals surface area contributed by atoms with Crippen molar-refractivity contribution < 1.29 is 13.9 Å². The minimum Gasteiger partial charge on any atom is -0.486 e. The second-order valence-electron chi connectivity index (χ2n) is 6.51. The van der Waals surface area contributed by atoms with Crippen LogP contribution in [-0.2, 0) is 6.61 Å². The molecule has 7 nitrogen and oxygen atoms in total. The summed E-state index contributed by atoms with van der Waals surface area (Å²) in [6, 6.07) is 12.8. The number of carbonyl (C=O) groups excluding carboxylic acids is 1. The lowest BCUT2D eigenvalue weighted by Crippen LogP contribution is -2.24. The molecule has 9 heteroatoms. The number of anilines is 1. The van der Waals surface area contributed by atoms with Crippen LogP contribution < -0.4 is 15.5 Å². The summed E-state index contributed by atoms with van der Waals surface area (Å²) in [5, 5.41) is 5.75. The van der Waals surface area contributed by atoms with Gasteiger partial charge in [-0.1, -0.05) is 35.0 Å². The molecule has 3 N–H and O–H groups in total. The number of hydrogen-bond acceptors (Lipinski definition) is 5. The standard InChI is InChI=1S/C21H19ClFN5O2/c1-12-5-3-6-18(26-21(29)27-28-24)15(12)11-30-19-9-13(2)14(10-16(19)23)17-7-4-8-20(22)25-17/h3-10H,11H2,1-2H3,(H3,24,26,27,29). The smallest absolute Gasteiger partial charge is 0.340 e. The fraction of sp³-hybridized carbons (Fsp3) is 0.143. The minimum atomic E-state index is -0.655. The summed E-state index contributed by atoms with van der Waals surface area (Å²) in [6.45, 7) is 3.72. The Morgan fingerprint density at radius 3 is 2.70 bits per heavy atom. The highest BCUT2D eigenvalue weighted by Gasteiger charge is 2.14. The van der Waals surface area contributed by atoms with Crippen LogP contribution in [0.5, 0.6) is 5.75 Å². The molecule has 0 atom stereocenters. The number of hydrogen-bond donors (Lipinski definition) is 3. The van der Waals surface area contributed by atoms with E-state index in [0.717, 1.165) is 11.1 Å². The topological polar surface area (TPSA) is 99.5 Å². The van der Waals surface area contributed by atoms with E-state index in [4.69, 9.17) is 21.9 Å². The van der Waals surface area contributed by atoms with Gasteiger partial charge in [-0.15, -0.1) is 0 Å². The van der Waals surface area contributed by atoms with Crippen molar-refractivity contribution in [1.82, 2.24) is 10.4 Å². The Morgan fingerprint density at radius 1 is 1.20 bits per heavy atom. The quantitative estimate of drug-likeness (QED) is 0.263. The monoisotopic (exact) mass is 427 g/mol. The molecule has 154 valence electrons. The van der Waals surface area contributed by atoms with Gasteiger partial charge in [0, 0.05) is 16.8 Å². The molecule has 0 aliphatic carbocycles. The van der Waals surface area contributed by atoms with Gasteiger partial charge < -0.3 is 10.1 Å². The lowest BCUT2D eigenvalue weighted by Gasteiger charge is -2.16. The predicted octanol–water partition coefficient (Wildman–Crippen LogP) is 5.80. The summed E-state index contributed by atoms with van der Waals surface area (Å²) in [6.07, 6.45) is 0. The Kier molecular flexibility index (Phi) is 6.58. The molecule has 0 spiro atoms. The van der Waals surface area contributed by atoms with E-state index in [1.165, 1.54) is 6.07 Å². The third-order valence-corrected chi connectivity index (χ3v) is 4.67. The first-order chi connectivity index (χ1) is 14.4. The van der Waals surface area contributed by atoms with Crippen molar-refractivity contribution in [2.75, 3.05) is 5.32 Å². The molecular formula is C21H19ClFN5O2. The molecule has 3 aromatic rings. The maximum absolute atomic E-state index is 14.7. The van der Waals surface area contributed by atoms with Crippen molar-refractivity contribution in [3.8, 4) is 17.0 Å². The summed E-state index contributed by atoms with van der Waals surface area (Å²) < 4.78 is 20.5. The molecule has 1 aromatic heterocycles. The van der Waals surface area contributed by atoms with Crippen LogP contribution in [-0.4, -0.2) is 11.0 Å². The zero-order valence-corrected chi connectivity index (χ0v) is 17.0. The van der Waals surface area contributed by atoms with E-state index in [1.807, 2.05) is 25.3 Å². The van der Waals surface area contributed by atoms with Crippen LogP contribution >= 0.6 is 11.6 Å². The van der Waals surface area contributed by atoms with Crippen molar-refractivity contribution in [3.05, 3.63) is 76.2 Å². The summed E-state index contributed by atoms with van der Waals surface area (Å²) in [5.41, 5.74) is 12.7. The van der Waals surface area contributed by atoms with E-state index in [2.05, 4.69) is 15.5 Å². The molecule has 2 aromatic carbocycles. The number of nitrogens with one attached hydrogen (secondary N) is 3. The van der Waals surface area contributed by atoms with Crippen LogP contribution in [0.2, 0.25) is 5.15 Å². The molecule has 3 rings (SSSR count). The Morgan fingerprint density at radius 2 is 1.97 bits per heavy atom. The van der Waals surface area contributed by atoms with Gasteiger partial charge in [-0.05, 0) is 55.3 Å². The zero-order chi connectivity index (χ0) is 21.7. The fourth-order valence-electron chi connectivity index (χ4n) is 2.96. The van der Waals surface area contributed by atoms with Crippen molar-refractivity contribution in [3.63, 3.8) is 0 Å². The summed E-state index contributed by atoms with van der Waals surface area (Å²) in [7, 11) is 0. The number of aryl methyl sites for hydroxylation is 2. The van der Waals surface area contributed by atoms with Gasteiger partial charge in [-0.25, -0.2) is 19.6 Å². The molecule has 0 aliphatic heterocycles. The number of amides is 2. The van der Waals surface area contributed by atoms with Gasteiger partial charge in [0.05, 0.1) is 5.69 Å². The minimum absolute atomic E-state index is 0.0332. The summed E-state index contributed by atoms with van der Waals surface area (Å²) >= 11 is 5.94. The van der Waals surface area contributed by atoms with Crippen LogP contribution in [0.1, 0.15) is 16.7 Å². The Labute approximate surface area is 177 Å². The van der Waals surface area contributed by atoms with Gasteiger partial charge in [-0.2, -0.15) is 5.53 Å². The van der Waals surface area contributed by atoms with Gasteiger partial charge >= 0.3 is 6.03 Å². The van der Waals surface area contributed by atoms with E-state index in [9.17, 15) is 9.18 Å². The number of benzene rings is 2. The number of carbonyl (C=O) groups is 1. The number of pyridine rings is 1. The number of halogens is 2. The van der Waals surface area contributed by atoms with E-state index in [1.54, 1.807) is 36.4 Å². The van der Waals surface area contributed by atoms with E-state index in [0.29, 0.717) is 27.7 Å². The molecule has 0 aliphatic rings. The number of urea groups is 1. The lowest BCUT2D eigenvalue weighted by molar-refractivity contribution is 0.251. The highest BCUT2D eigenvalue weighted by molar-refractivity contribution is 6.29. The maximum atomic E-state index is 14.7. The van der Waals surface area contributed by atoms with Crippen LogP contribution in [0.3, 0.4) is 0 Å². The highest BCUT2D eigenvalue weighted by Crippen LogP contribution is 2.30. The van der Waals surface area contributed by atoms with Crippen LogP contribution in [0.4, 0.5) is 14.9 Å². The number of nitrogens with zero attached hydrogens (tertiary/aromatic N) is 2. The van der Waals surface area contributed by atoms with E-state index < -0.39 is 11.8 Å². The fourth-order valence-corrected chi connectivity index (χ4v) is 3.13. The lowest BCUT2D eigenvalue weighted by atomic mass is 10.0. The summed E-state index contributed by atoms with van der Waals surface area (Å²) in [4.78, 5) is 15.9. The van der Waals surface area contributed by atoms with Crippen LogP contribution in [0.25, 0.3) is 11.3 Å². The van der Waals surface area contributed by atoms with E-state index in [-0.39, 0.29) is 12.4 Å². The molecule has 2 amide bonds. The maximum Gasteiger partial charge on any atom is 0.340 e. The summed E-state index contributed by atoms with van der Waals surface area (Å²) in [5.74, 6) is -0.454. The molecule has 0 fully saturated rings.